The number of aromatic nitrogens is 2. The normalized spacial score (nSPS) is 15.0. The van der Waals surface area contributed by atoms with Gasteiger partial charge in [0, 0.05) is 30.4 Å². The zero-order valence-corrected chi connectivity index (χ0v) is 18.7. The Bertz CT molecular complexity index is 1210. The Morgan fingerprint density at radius 3 is 2.67 bits per heavy atom. The van der Waals surface area contributed by atoms with Crippen molar-refractivity contribution in [2.24, 2.45) is 0 Å². The fraction of sp³-hybridized carbons (Fsp3) is 0.333. The minimum absolute atomic E-state index is 0.0547. The highest BCUT2D eigenvalue weighted by atomic mass is 19.4. The molecule has 174 valence electrons. The molecule has 1 atom stereocenters. The molecule has 0 unspecified atom stereocenters. The van der Waals surface area contributed by atoms with Gasteiger partial charge in [-0.15, -0.1) is 0 Å². The summed E-state index contributed by atoms with van der Waals surface area (Å²) in [6.45, 7) is 4.97. The maximum absolute atomic E-state index is 13.2. The molecule has 0 aliphatic carbocycles. The molecule has 0 saturated carbocycles. The second-order valence-corrected chi connectivity index (χ2v) is 8.24. The van der Waals surface area contributed by atoms with Crippen LogP contribution >= 0.6 is 0 Å². The molecule has 1 aliphatic heterocycles. The Kier molecular flexibility index (Phi) is 6.05. The molecular weight excluding hydrogens is 431 g/mol. The number of benzene rings is 2. The molecule has 9 heteroatoms. The van der Waals surface area contributed by atoms with E-state index < -0.39 is 17.8 Å². The Hall–Kier alpha value is -3.49. The van der Waals surface area contributed by atoms with E-state index in [2.05, 4.69) is 26.3 Å². The van der Waals surface area contributed by atoms with E-state index in [1.54, 1.807) is 13.8 Å². The minimum atomic E-state index is -4.48. The van der Waals surface area contributed by atoms with E-state index in [0.29, 0.717) is 35.1 Å². The number of fused-ring (bicyclic) bond motifs is 1. The van der Waals surface area contributed by atoms with Crippen molar-refractivity contribution in [1.29, 1.82) is 0 Å². The van der Waals surface area contributed by atoms with Crippen molar-refractivity contribution in [2.75, 3.05) is 31.2 Å². The van der Waals surface area contributed by atoms with Crippen LogP contribution in [0.1, 0.15) is 36.3 Å². The highest BCUT2D eigenvalue weighted by Crippen LogP contribution is 2.34. The number of halogens is 3. The molecular formula is C24H26F3N5O. The summed E-state index contributed by atoms with van der Waals surface area (Å²) in [5.74, 6) is 1.73. The van der Waals surface area contributed by atoms with Crippen LogP contribution in [0.15, 0.2) is 48.2 Å². The van der Waals surface area contributed by atoms with Gasteiger partial charge < -0.3 is 20.7 Å². The van der Waals surface area contributed by atoms with Crippen molar-refractivity contribution >= 4 is 22.4 Å². The van der Waals surface area contributed by atoms with Crippen molar-refractivity contribution in [2.45, 2.75) is 32.5 Å². The minimum Gasteiger partial charge on any atom is -0.487 e. The number of rotatable bonds is 6. The van der Waals surface area contributed by atoms with E-state index in [-0.39, 0.29) is 5.69 Å². The predicted octanol–water partition coefficient (Wildman–Crippen LogP) is 5.31. The number of nitrogens with one attached hydrogen (secondary N) is 1. The van der Waals surface area contributed by atoms with Gasteiger partial charge in [0.15, 0.2) is 0 Å². The number of aryl methyl sites for hydroxylation is 1. The lowest BCUT2D eigenvalue weighted by Crippen LogP contribution is -2.18. The van der Waals surface area contributed by atoms with Gasteiger partial charge in [-0.25, -0.2) is 9.97 Å². The summed E-state index contributed by atoms with van der Waals surface area (Å²) in [5, 5.41) is 3.95. The zero-order chi connectivity index (χ0) is 23.8. The summed E-state index contributed by atoms with van der Waals surface area (Å²) >= 11 is 0. The lowest BCUT2D eigenvalue weighted by molar-refractivity contribution is -0.137. The Morgan fingerprint density at radius 2 is 1.97 bits per heavy atom. The van der Waals surface area contributed by atoms with Crippen LogP contribution in [0.3, 0.4) is 0 Å². The average Bonchev–Trinajstić information content (AvgIpc) is 3.16. The number of hydrogen-bond acceptors (Lipinski definition) is 6. The smallest absolute Gasteiger partial charge is 0.416 e. The van der Waals surface area contributed by atoms with Gasteiger partial charge in [0.2, 0.25) is 0 Å². The summed E-state index contributed by atoms with van der Waals surface area (Å²) < 4.78 is 45.7. The van der Waals surface area contributed by atoms with Gasteiger partial charge in [0.1, 0.15) is 24.0 Å². The van der Waals surface area contributed by atoms with E-state index in [4.69, 9.17) is 10.5 Å². The molecule has 1 aliphatic rings. The summed E-state index contributed by atoms with van der Waals surface area (Å²) in [5.41, 5.74) is 7.27. The number of hydrogen-bond donors (Lipinski definition) is 2. The van der Waals surface area contributed by atoms with Crippen molar-refractivity contribution in [3.63, 3.8) is 0 Å². The van der Waals surface area contributed by atoms with Crippen LogP contribution in [0.4, 0.5) is 24.7 Å². The van der Waals surface area contributed by atoms with Gasteiger partial charge in [-0.1, -0.05) is 6.08 Å². The number of ether oxygens (including phenoxy) is 1. The number of alkyl halides is 3. The Balaban J connectivity index is 1.62. The molecule has 3 aromatic rings. The summed E-state index contributed by atoms with van der Waals surface area (Å²) in [6.07, 6.45) is -1.31. The van der Waals surface area contributed by atoms with E-state index >= 15 is 0 Å². The van der Waals surface area contributed by atoms with Crippen molar-refractivity contribution < 1.29 is 17.9 Å². The molecule has 0 spiro atoms. The molecule has 0 fully saturated rings. The molecule has 0 amide bonds. The number of nitrogens with two attached hydrogens (primary N) is 1. The van der Waals surface area contributed by atoms with Crippen LogP contribution in [0.2, 0.25) is 0 Å². The molecule has 3 N–H and O–H groups in total. The van der Waals surface area contributed by atoms with Crippen LogP contribution in [-0.4, -0.2) is 35.1 Å². The summed E-state index contributed by atoms with van der Waals surface area (Å²) in [6, 6.07) is 8.64. The first-order valence-electron chi connectivity index (χ1n) is 10.7. The Morgan fingerprint density at radius 1 is 1.18 bits per heavy atom. The highest BCUT2D eigenvalue weighted by molar-refractivity contribution is 5.90. The first-order valence-corrected chi connectivity index (χ1v) is 10.7. The number of anilines is 2. The fourth-order valence-electron chi connectivity index (χ4n) is 3.85. The lowest BCUT2D eigenvalue weighted by Gasteiger charge is -2.19. The standard InChI is InChI=1S/C24H26F3N5O/c1-14(16-9-17(24(25,26)27)11-18(28)10-16)29-23-21-12-20(6-7-22(21)30-15(2)31-23)33-13-19-5-4-8-32(19)3/h5-7,9-12,14H,4,8,13,28H2,1-3H3,(H,29,30,31)/t14-/m1/s1. The van der Waals surface area contributed by atoms with E-state index in [0.717, 1.165) is 36.2 Å². The van der Waals surface area contributed by atoms with Crippen LogP contribution in [0.5, 0.6) is 5.75 Å². The van der Waals surface area contributed by atoms with Crippen LogP contribution in [0, 0.1) is 6.92 Å². The second-order valence-electron chi connectivity index (χ2n) is 8.24. The molecule has 2 aromatic carbocycles. The average molecular weight is 458 g/mol. The fourth-order valence-corrected chi connectivity index (χ4v) is 3.85. The van der Waals surface area contributed by atoms with Crippen molar-refractivity contribution in [3.8, 4) is 5.75 Å². The topological polar surface area (TPSA) is 76.3 Å². The first-order chi connectivity index (χ1) is 15.6. The predicted molar refractivity (Wildman–Crippen MR) is 123 cm³/mol. The lowest BCUT2D eigenvalue weighted by atomic mass is 10.0. The van der Waals surface area contributed by atoms with E-state index in [9.17, 15) is 13.2 Å². The van der Waals surface area contributed by atoms with Gasteiger partial charge in [0.25, 0.3) is 0 Å². The SMILES string of the molecule is Cc1nc(N[C@H](C)c2cc(N)cc(C(F)(F)F)c2)c2cc(OCC3=CCCN3C)ccc2n1. The third-order valence-corrected chi connectivity index (χ3v) is 5.66. The maximum atomic E-state index is 13.2. The van der Waals surface area contributed by atoms with Gasteiger partial charge in [-0.2, -0.15) is 13.2 Å². The van der Waals surface area contributed by atoms with Crippen LogP contribution < -0.4 is 15.8 Å². The van der Waals surface area contributed by atoms with Crippen LogP contribution in [0.25, 0.3) is 10.9 Å². The zero-order valence-electron chi connectivity index (χ0n) is 18.7. The number of nitrogen functional groups attached to an aromatic ring is 1. The molecule has 0 saturated heterocycles. The number of likely N-dealkylation sites (N-methyl/N-ethyl adjacent to an activating group) is 1. The van der Waals surface area contributed by atoms with E-state index in [1.807, 2.05) is 25.2 Å². The molecule has 4 rings (SSSR count). The number of nitrogens with zero attached hydrogens (tertiary/aromatic N) is 3. The summed E-state index contributed by atoms with van der Waals surface area (Å²) in [4.78, 5) is 11.1. The maximum Gasteiger partial charge on any atom is 0.416 e. The third kappa shape index (κ3) is 5.13. The largest absolute Gasteiger partial charge is 0.487 e. The van der Waals surface area contributed by atoms with Gasteiger partial charge in [-0.05, 0) is 62.2 Å². The monoisotopic (exact) mass is 457 g/mol. The first kappa shape index (κ1) is 22.7. The molecule has 2 heterocycles. The van der Waals surface area contributed by atoms with Crippen molar-refractivity contribution in [3.05, 3.63) is 65.1 Å². The van der Waals surface area contributed by atoms with E-state index in [1.165, 1.54) is 6.07 Å². The highest BCUT2D eigenvalue weighted by Gasteiger charge is 2.31. The van der Waals surface area contributed by atoms with Gasteiger partial charge >= 0.3 is 6.18 Å². The molecule has 33 heavy (non-hydrogen) atoms. The molecule has 0 radical (unpaired) electrons. The van der Waals surface area contributed by atoms with Crippen molar-refractivity contribution in [1.82, 2.24) is 14.9 Å². The summed E-state index contributed by atoms with van der Waals surface area (Å²) in [7, 11) is 2.03. The molecule has 1 aromatic heterocycles. The second kappa shape index (κ2) is 8.80. The third-order valence-electron chi connectivity index (χ3n) is 5.66. The molecule has 0 bridgehead atoms. The van der Waals surface area contributed by atoms with Crippen LogP contribution in [-0.2, 0) is 6.18 Å². The Labute approximate surface area is 190 Å². The van der Waals surface area contributed by atoms with Gasteiger partial charge in [-0.3, -0.25) is 0 Å². The van der Waals surface area contributed by atoms with Gasteiger partial charge in [0.05, 0.1) is 17.1 Å². The molecule has 6 nitrogen and oxygen atoms in total. The quantitative estimate of drug-likeness (QED) is 0.489.